The maximum Gasteiger partial charge on any atom is 0.154 e. The van der Waals surface area contributed by atoms with Crippen LogP contribution < -0.4 is 0 Å². The third-order valence-electron chi connectivity index (χ3n) is 2.34. The predicted molar refractivity (Wildman–Crippen MR) is 80.5 cm³/mol. The Labute approximate surface area is 110 Å². The van der Waals surface area contributed by atoms with E-state index in [1.54, 1.807) is 0 Å². The minimum absolute atomic E-state index is 1.03. The van der Waals surface area contributed by atoms with Gasteiger partial charge in [0, 0.05) is 0 Å². The minimum Gasteiger partial charge on any atom is -0.167 e. The SMILES string of the molecule is C[Si](C)(Cl)Cc1ccccc1C[Si](C)(C)Cl. The maximum atomic E-state index is 6.43. The summed E-state index contributed by atoms with van der Waals surface area (Å²) in [5, 5.41) is 0. The molecule has 16 heavy (non-hydrogen) atoms. The molecule has 0 atom stereocenters. The van der Waals surface area contributed by atoms with Crippen molar-refractivity contribution in [2.75, 3.05) is 0 Å². The first kappa shape index (κ1) is 14.3. The molecule has 0 N–H and O–H groups in total. The summed E-state index contributed by atoms with van der Waals surface area (Å²) in [5.74, 6) is 0. The van der Waals surface area contributed by atoms with Gasteiger partial charge in [-0.1, -0.05) is 50.5 Å². The topological polar surface area (TPSA) is 0 Å². The van der Waals surface area contributed by atoms with Crippen molar-refractivity contribution in [2.45, 2.75) is 38.3 Å². The monoisotopic (exact) mass is 290 g/mol. The number of hydrogen-bond acceptors (Lipinski definition) is 0. The van der Waals surface area contributed by atoms with Gasteiger partial charge >= 0.3 is 0 Å². The van der Waals surface area contributed by atoms with Crippen LogP contribution >= 0.6 is 22.2 Å². The van der Waals surface area contributed by atoms with Crippen LogP contribution in [0.15, 0.2) is 24.3 Å². The first-order valence-electron chi connectivity index (χ1n) is 5.62. The average Bonchev–Trinajstić information content (AvgIpc) is 2.03. The molecule has 1 aromatic carbocycles. The molecule has 90 valence electrons. The Morgan fingerprint density at radius 3 is 1.38 bits per heavy atom. The standard InChI is InChI=1S/C12H20Cl2Si2/c1-15(2,13)9-11-7-5-6-8-12(11)10-16(3,4)14/h5-8H,9-10H2,1-4H3. The van der Waals surface area contributed by atoms with Gasteiger partial charge in [-0.15, -0.1) is 0 Å². The van der Waals surface area contributed by atoms with Gasteiger partial charge in [0.25, 0.3) is 0 Å². The third kappa shape index (κ3) is 5.53. The number of benzene rings is 1. The number of halogens is 2. The molecule has 0 bridgehead atoms. The van der Waals surface area contributed by atoms with Crippen LogP contribution in [0.25, 0.3) is 0 Å². The molecule has 0 spiro atoms. The molecule has 1 rings (SSSR count). The molecule has 1 aromatic rings. The number of hydrogen-bond donors (Lipinski definition) is 0. The lowest BCUT2D eigenvalue weighted by molar-refractivity contribution is 1.22. The first-order chi connectivity index (χ1) is 7.17. The van der Waals surface area contributed by atoms with Crippen LogP contribution in [-0.2, 0) is 12.1 Å². The molecular weight excluding hydrogens is 271 g/mol. The predicted octanol–water partition coefficient (Wildman–Crippen LogP) is 4.74. The lowest BCUT2D eigenvalue weighted by Crippen LogP contribution is -2.25. The summed E-state index contributed by atoms with van der Waals surface area (Å²) in [6.07, 6.45) is 0. The van der Waals surface area contributed by atoms with Crippen LogP contribution in [-0.4, -0.2) is 14.8 Å². The molecule has 0 heterocycles. The highest BCUT2D eigenvalue weighted by atomic mass is 35.6. The van der Waals surface area contributed by atoms with E-state index in [-0.39, 0.29) is 0 Å². The van der Waals surface area contributed by atoms with Crippen molar-refractivity contribution in [1.29, 1.82) is 0 Å². The molecule has 0 nitrogen and oxygen atoms in total. The second-order valence-electron chi connectivity index (χ2n) is 5.56. The molecular formula is C12H20Cl2Si2. The van der Waals surface area contributed by atoms with Crippen LogP contribution in [0.3, 0.4) is 0 Å². The van der Waals surface area contributed by atoms with Gasteiger partial charge in [-0.3, -0.25) is 0 Å². The normalized spacial score (nSPS) is 12.9. The number of rotatable bonds is 4. The van der Waals surface area contributed by atoms with Crippen LogP contribution in [0.5, 0.6) is 0 Å². The summed E-state index contributed by atoms with van der Waals surface area (Å²) < 4.78 is 0. The molecule has 0 unspecified atom stereocenters. The van der Waals surface area contributed by atoms with Crippen molar-refractivity contribution < 1.29 is 0 Å². The van der Waals surface area contributed by atoms with Crippen molar-refractivity contribution in [2.24, 2.45) is 0 Å². The van der Waals surface area contributed by atoms with Gasteiger partial charge in [-0.2, -0.15) is 22.2 Å². The summed E-state index contributed by atoms with van der Waals surface area (Å²) in [6.45, 7) is 8.76. The van der Waals surface area contributed by atoms with E-state index in [1.165, 1.54) is 11.1 Å². The summed E-state index contributed by atoms with van der Waals surface area (Å²) in [5.41, 5.74) is 2.80. The largest absolute Gasteiger partial charge is 0.167 e. The van der Waals surface area contributed by atoms with E-state index in [1.807, 2.05) is 0 Å². The van der Waals surface area contributed by atoms with E-state index in [2.05, 4.69) is 50.5 Å². The van der Waals surface area contributed by atoms with Crippen molar-refractivity contribution >= 4 is 36.9 Å². The Balaban J connectivity index is 2.92. The molecule has 0 amide bonds. The van der Waals surface area contributed by atoms with E-state index in [0.717, 1.165) is 12.1 Å². The fraction of sp³-hybridized carbons (Fsp3) is 0.500. The Bertz CT molecular complexity index is 316. The molecule has 0 saturated carbocycles. The van der Waals surface area contributed by atoms with Crippen LogP contribution in [0.4, 0.5) is 0 Å². The summed E-state index contributed by atoms with van der Waals surface area (Å²) >= 11 is 12.9. The van der Waals surface area contributed by atoms with Gasteiger partial charge in [0.1, 0.15) is 0 Å². The van der Waals surface area contributed by atoms with Crippen molar-refractivity contribution in [3.05, 3.63) is 35.4 Å². The summed E-state index contributed by atoms with van der Waals surface area (Å²) in [6, 6.07) is 10.7. The zero-order valence-corrected chi connectivity index (χ0v) is 14.0. The smallest absolute Gasteiger partial charge is 0.154 e. The fourth-order valence-electron chi connectivity index (χ4n) is 1.81. The van der Waals surface area contributed by atoms with Crippen LogP contribution in [0, 0.1) is 0 Å². The van der Waals surface area contributed by atoms with Crippen molar-refractivity contribution in [3.8, 4) is 0 Å². The summed E-state index contributed by atoms with van der Waals surface area (Å²) in [7, 11) is -3.12. The van der Waals surface area contributed by atoms with Gasteiger partial charge in [-0.05, 0) is 23.2 Å². The Kier molecular flexibility index (Phi) is 4.70. The fourth-order valence-corrected chi connectivity index (χ4v) is 5.17. The van der Waals surface area contributed by atoms with E-state index in [0.29, 0.717) is 0 Å². The van der Waals surface area contributed by atoms with Crippen molar-refractivity contribution in [1.82, 2.24) is 0 Å². The van der Waals surface area contributed by atoms with E-state index < -0.39 is 14.8 Å². The van der Waals surface area contributed by atoms with Crippen LogP contribution in [0.2, 0.25) is 26.2 Å². The molecule has 0 radical (unpaired) electrons. The highest BCUT2D eigenvalue weighted by molar-refractivity contribution is 7.19. The molecule has 0 fully saturated rings. The molecule has 4 heteroatoms. The molecule has 0 aliphatic heterocycles. The van der Waals surface area contributed by atoms with E-state index in [9.17, 15) is 0 Å². The average molecular weight is 291 g/mol. The molecule has 0 saturated heterocycles. The minimum atomic E-state index is -1.56. The van der Waals surface area contributed by atoms with Gasteiger partial charge in [0.05, 0.1) is 0 Å². The quantitative estimate of drug-likeness (QED) is 0.555. The van der Waals surface area contributed by atoms with Gasteiger partial charge < -0.3 is 0 Å². The van der Waals surface area contributed by atoms with Gasteiger partial charge in [0.15, 0.2) is 14.8 Å². The first-order valence-corrected chi connectivity index (χ1v) is 14.1. The van der Waals surface area contributed by atoms with E-state index in [4.69, 9.17) is 22.2 Å². The zero-order valence-electron chi connectivity index (χ0n) is 10.5. The second kappa shape index (κ2) is 5.26. The molecule has 0 aliphatic rings. The molecule has 0 aliphatic carbocycles. The van der Waals surface area contributed by atoms with Gasteiger partial charge in [-0.25, -0.2) is 0 Å². The van der Waals surface area contributed by atoms with Crippen molar-refractivity contribution in [3.63, 3.8) is 0 Å². The Morgan fingerprint density at radius 1 is 0.812 bits per heavy atom. The lowest BCUT2D eigenvalue weighted by atomic mass is 10.1. The highest BCUT2D eigenvalue weighted by Gasteiger charge is 2.23. The maximum absolute atomic E-state index is 6.43. The summed E-state index contributed by atoms with van der Waals surface area (Å²) in [4.78, 5) is 0. The van der Waals surface area contributed by atoms with Crippen LogP contribution in [0.1, 0.15) is 11.1 Å². The highest BCUT2D eigenvalue weighted by Crippen LogP contribution is 2.23. The van der Waals surface area contributed by atoms with Gasteiger partial charge in [0.2, 0.25) is 0 Å². The third-order valence-corrected chi connectivity index (χ3v) is 5.59. The lowest BCUT2D eigenvalue weighted by Gasteiger charge is -2.19. The Hall–Kier alpha value is 0.234. The molecule has 0 aromatic heterocycles. The Morgan fingerprint density at radius 2 is 1.12 bits per heavy atom. The van der Waals surface area contributed by atoms with E-state index >= 15 is 0 Å². The zero-order chi connectivity index (χ0) is 12.4. The second-order valence-corrected chi connectivity index (χ2v) is 19.3.